The van der Waals surface area contributed by atoms with Crippen LogP contribution >= 0.6 is 0 Å². The molecule has 0 heterocycles. The normalized spacial score (nSPS) is 47.9. The van der Waals surface area contributed by atoms with Crippen molar-refractivity contribution in [2.45, 2.75) is 65.7 Å². The second-order valence-electron chi connectivity index (χ2n) is 9.13. The van der Waals surface area contributed by atoms with Crippen molar-refractivity contribution in [3.05, 3.63) is 47.6 Å². The van der Waals surface area contributed by atoms with Gasteiger partial charge in [0, 0.05) is 0 Å². The summed E-state index contributed by atoms with van der Waals surface area (Å²) in [7, 11) is 0. The second kappa shape index (κ2) is 4.98. The van der Waals surface area contributed by atoms with Gasteiger partial charge in [-0.1, -0.05) is 55.9 Å². The van der Waals surface area contributed by atoms with Crippen LogP contribution in [0.3, 0.4) is 0 Å². The lowest BCUT2D eigenvalue weighted by atomic mass is 9.47. The van der Waals surface area contributed by atoms with Crippen LogP contribution in [-0.4, -0.2) is 0 Å². The SMILES string of the molecule is C=C1C=C2CCC3C(CCC4(C)/C(=C\C)C(=C)CC34)C2(C)CC1. The predicted octanol–water partition coefficient (Wildman–Crippen LogP) is 6.62. The molecule has 0 spiro atoms. The summed E-state index contributed by atoms with van der Waals surface area (Å²) >= 11 is 0. The molecule has 124 valence electrons. The molecule has 0 heteroatoms. The summed E-state index contributed by atoms with van der Waals surface area (Å²) in [4.78, 5) is 0. The van der Waals surface area contributed by atoms with Gasteiger partial charge in [-0.15, -0.1) is 0 Å². The van der Waals surface area contributed by atoms with Crippen LogP contribution in [0, 0.1) is 28.6 Å². The van der Waals surface area contributed by atoms with Gasteiger partial charge < -0.3 is 0 Å². The van der Waals surface area contributed by atoms with E-state index in [4.69, 9.17) is 0 Å². The van der Waals surface area contributed by atoms with E-state index in [2.05, 4.69) is 46.1 Å². The standard InChI is InChI=1S/C23H32/c1-6-19-16(3)14-21-18-8-7-17-13-15(2)9-11-22(17,4)20(18)10-12-23(19,21)5/h6,13,18,20-21H,2-3,7-12,14H2,1,4-5H3/b19-6-. The van der Waals surface area contributed by atoms with E-state index >= 15 is 0 Å². The van der Waals surface area contributed by atoms with E-state index in [-0.39, 0.29) is 0 Å². The molecule has 0 amide bonds. The molecule has 0 saturated heterocycles. The number of hydrogen-bond donors (Lipinski definition) is 0. The van der Waals surface area contributed by atoms with Crippen LogP contribution < -0.4 is 0 Å². The summed E-state index contributed by atoms with van der Waals surface area (Å²) in [6, 6.07) is 0. The molecule has 0 aromatic rings. The lowest BCUT2D eigenvalue weighted by Crippen LogP contribution is -2.49. The van der Waals surface area contributed by atoms with Gasteiger partial charge in [0.15, 0.2) is 0 Å². The molecule has 0 aromatic heterocycles. The van der Waals surface area contributed by atoms with Crippen LogP contribution in [0.4, 0.5) is 0 Å². The summed E-state index contributed by atoms with van der Waals surface area (Å²) in [6.07, 6.45) is 14.1. The lowest BCUT2D eigenvalue weighted by Gasteiger charge is -2.57. The van der Waals surface area contributed by atoms with E-state index in [0.717, 1.165) is 17.8 Å². The first-order chi connectivity index (χ1) is 10.9. The monoisotopic (exact) mass is 308 g/mol. The molecule has 4 aliphatic rings. The van der Waals surface area contributed by atoms with Crippen LogP contribution in [0.15, 0.2) is 47.6 Å². The van der Waals surface area contributed by atoms with E-state index in [1.165, 1.54) is 56.1 Å². The van der Waals surface area contributed by atoms with Crippen molar-refractivity contribution in [2.24, 2.45) is 28.6 Å². The summed E-state index contributed by atoms with van der Waals surface area (Å²) in [5, 5.41) is 0. The van der Waals surface area contributed by atoms with Crippen molar-refractivity contribution >= 4 is 0 Å². The van der Waals surface area contributed by atoms with Gasteiger partial charge in [-0.05, 0) is 86.0 Å². The Bertz CT molecular complexity index is 630. The Morgan fingerprint density at radius 3 is 2.57 bits per heavy atom. The van der Waals surface area contributed by atoms with E-state index in [1.807, 2.05) is 0 Å². The zero-order valence-electron chi connectivity index (χ0n) is 15.3. The third-order valence-corrected chi connectivity index (χ3v) is 8.22. The summed E-state index contributed by atoms with van der Waals surface area (Å²) in [5.74, 6) is 2.62. The molecule has 3 fully saturated rings. The van der Waals surface area contributed by atoms with Crippen molar-refractivity contribution < 1.29 is 0 Å². The fraction of sp³-hybridized carbons (Fsp3) is 0.652. The van der Waals surface area contributed by atoms with Crippen LogP contribution in [-0.2, 0) is 0 Å². The van der Waals surface area contributed by atoms with Crippen LogP contribution in [0.5, 0.6) is 0 Å². The van der Waals surface area contributed by atoms with Gasteiger partial charge >= 0.3 is 0 Å². The molecule has 0 radical (unpaired) electrons. The van der Waals surface area contributed by atoms with Crippen LogP contribution in [0.1, 0.15) is 65.7 Å². The zero-order chi connectivity index (χ0) is 16.4. The maximum atomic E-state index is 4.43. The molecule has 0 aromatic carbocycles. The Kier molecular flexibility index (Phi) is 3.35. The molecule has 3 saturated carbocycles. The summed E-state index contributed by atoms with van der Waals surface area (Å²) in [5.41, 5.74) is 6.96. The minimum Gasteiger partial charge on any atom is -0.0958 e. The molecule has 4 aliphatic carbocycles. The van der Waals surface area contributed by atoms with Gasteiger partial charge in [0.2, 0.25) is 0 Å². The molecule has 5 unspecified atom stereocenters. The molecule has 4 rings (SSSR count). The molecule has 0 nitrogen and oxygen atoms in total. The minimum atomic E-state index is 0.406. The number of rotatable bonds is 0. The Morgan fingerprint density at radius 1 is 1.04 bits per heavy atom. The second-order valence-corrected chi connectivity index (χ2v) is 9.13. The highest BCUT2D eigenvalue weighted by molar-refractivity contribution is 5.43. The molecular weight excluding hydrogens is 276 g/mol. The highest BCUT2D eigenvalue weighted by atomic mass is 14.6. The van der Waals surface area contributed by atoms with Gasteiger partial charge in [0.05, 0.1) is 0 Å². The third kappa shape index (κ3) is 1.96. The number of fused-ring (bicyclic) bond motifs is 5. The quantitative estimate of drug-likeness (QED) is 0.472. The van der Waals surface area contributed by atoms with Gasteiger partial charge in [-0.3, -0.25) is 0 Å². The van der Waals surface area contributed by atoms with E-state index in [9.17, 15) is 0 Å². The van der Waals surface area contributed by atoms with Crippen molar-refractivity contribution in [2.75, 3.05) is 0 Å². The van der Waals surface area contributed by atoms with Gasteiger partial charge in [0.25, 0.3) is 0 Å². The zero-order valence-corrected chi connectivity index (χ0v) is 15.3. The number of allylic oxidation sites excluding steroid dienone is 6. The first kappa shape index (κ1) is 15.5. The van der Waals surface area contributed by atoms with Gasteiger partial charge in [-0.25, -0.2) is 0 Å². The van der Waals surface area contributed by atoms with Crippen molar-refractivity contribution in [3.8, 4) is 0 Å². The largest absolute Gasteiger partial charge is 0.0958 e. The van der Waals surface area contributed by atoms with Crippen molar-refractivity contribution in [1.29, 1.82) is 0 Å². The Balaban J connectivity index is 1.72. The third-order valence-electron chi connectivity index (χ3n) is 8.22. The predicted molar refractivity (Wildman–Crippen MR) is 99.1 cm³/mol. The minimum absolute atomic E-state index is 0.406. The first-order valence-corrected chi connectivity index (χ1v) is 9.64. The lowest BCUT2D eigenvalue weighted by molar-refractivity contribution is -0.0234. The Labute approximate surface area is 142 Å². The van der Waals surface area contributed by atoms with E-state index in [0.29, 0.717) is 10.8 Å². The van der Waals surface area contributed by atoms with Crippen molar-refractivity contribution in [1.82, 2.24) is 0 Å². The van der Waals surface area contributed by atoms with Crippen molar-refractivity contribution in [3.63, 3.8) is 0 Å². The molecular formula is C23H32. The molecule has 0 aliphatic heterocycles. The van der Waals surface area contributed by atoms with Gasteiger partial charge in [0.1, 0.15) is 0 Å². The molecule has 5 atom stereocenters. The topological polar surface area (TPSA) is 0 Å². The smallest absolute Gasteiger partial charge is 0.00418 e. The fourth-order valence-corrected chi connectivity index (χ4v) is 6.99. The average molecular weight is 309 g/mol. The van der Waals surface area contributed by atoms with Crippen LogP contribution in [0.25, 0.3) is 0 Å². The Hall–Kier alpha value is -1.04. The first-order valence-electron chi connectivity index (χ1n) is 9.64. The maximum Gasteiger partial charge on any atom is -0.00418 e. The number of hydrogen-bond acceptors (Lipinski definition) is 0. The summed E-state index contributed by atoms with van der Waals surface area (Å²) in [6.45, 7) is 16.0. The molecule has 0 bridgehead atoms. The Morgan fingerprint density at radius 2 is 1.83 bits per heavy atom. The summed E-state index contributed by atoms with van der Waals surface area (Å²) < 4.78 is 0. The van der Waals surface area contributed by atoms with Crippen LogP contribution in [0.2, 0.25) is 0 Å². The highest BCUT2D eigenvalue weighted by Crippen LogP contribution is 2.67. The van der Waals surface area contributed by atoms with E-state index < -0.39 is 0 Å². The van der Waals surface area contributed by atoms with E-state index in [1.54, 1.807) is 11.1 Å². The fourth-order valence-electron chi connectivity index (χ4n) is 6.99. The highest BCUT2D eigenvalue weighted by Gasteiger charge is 2.57. The maximum absolute atomic E-state index is 4.43. The molecule has 23 heavy (non-hydrogen) atoms. The molecule has 0 N–H and O–H groups in total. The average Bonchev–Trinajstić information content (AvgIpc) is 2.77. The van der Waals surface area contributed by atoms with Gasteiger partial charge in [-0.2, -0.15) is 0 Å².